The molecule has 1 aliphatic rings. The van der Waals surface area contributed by atoms with Gasteiger partial charge in [-0.3, -0.25) is 9.59 Å². The molecule has 0 spiro atoms. The van der Waals surface area contributed by atoms with Gasteiger partial charge in [0.2, 0.25) is 5.91 Å². The molecule has 2 aromatic heterocycles. The van der Waals surface area contributed by atoms with Gasteiger partial charge >= 0.3 is 0 Å². The number of aryl methyl sites for hydroxylation is 1. The number of aromatic nitrogens is 2. The topological polar surface area (TPSA) is 70.1 Å². The van der Waals surface area contributed by atoms with Crippen molar-refractivity contribution in [3.8, 4) is 11.3 Å². The van der Waals surface area contributed by atoms with Crippen molar-refractivity contribution in [2.45, 2.75) is 71.3 Å². The molecular formula is C29H40N4O2. The Morgan fingerprint density at radius 2 is 1.83 bits per heavy atom. The summed E-state index contributed by atoms with van der Waals surface area (Å²) >= 11 is 0. The van der Waals surface area contributed by atoms with Crippen molar-refractivity contribution < 1.29 is 4.79 Å². The van der Waals surface area contributed by atoms with E-state index in [2.05, 4.69) is 42.3 Å². The number of benzene rings is 1. The minimum absolute atomic E-state index is 0.0595. The van der Waals surface area contributed by atoms with Gasteiger partial charge in [0.15, 0.2) is 0 Å². The van der Waals surface area contributed by atoms with E-state index in [1.54, 1.807) is 4.57 Å². The second-order valence-electron chi connectivity index (χ2n) is 10.9. The van der Waals surface area contributed by atoms with Crippen molar-refractivity contribution >= 4 is 16.8 Å². The lowest BCUT2D eigenvalue weighted by Crippen LogP contribution is -2.41. The predicted octanol–water partition coefficient (Wildman–Crippen LogP) is 4.98. The van der Waals surface area contributed by atoms with Gasteiger partial charge in [-0.2, -0.15) is 0 Å². The van der Waals surface area contributed by atoms with E-state index < -0.39 is 0 Å². The number of hydrogen-bond acceptors (Lipinski definition) is 3. The van der Waals surface area contributed by atoms with Crippen molar-refractivity contribution in [3.05, 3.63) is 57.0 Å². The summed E-state index contributed by atoms with van der Waals surface area (Å²) in [5, 5.41) is 4.48. The summed E-state index contributed by atoms with van der Waals surface area (Å²) < 4.78 is 1.69. The highest BCUT2D eigenvalue weighted by molar-refractivity contribution is 5.92. The maximum absolute atomic E-state index is 12.4. The number of hydrogen-bond donors (Lipinski definition) is 2. The molecule has 0 aliphatic heterocycles. The van der Waals surface area contributed by atoms with Gasteiger partial charge in [0, 0.05) is 41.3 Å². The number of fused-ring (bicyclic) bond motifs is 1. The summed E-state index contributed by atoms with van der Waals surface area (Å²) in [7, 11) is 5.67. The van der Waals surface area contributed by atoms with E-state index in [-0.39, 0.29) is 17.5 Å². The number of rotatable bonds is 6. The third-order valence-corrected chi connectivity index (χ3v) is 7.66. The van der Waals surface area contributed by atoms with Gasteiger partial charge in [-0.15, -0.1) is 0 Å². The Hall–Kier alpha value is -2.86. The monoisotopic (exact) mass is 476 g/mol. The molecule has 6 nitrogen and oxygen atoms in total. The summed E-state index contributed by atoms with van der Waals surface area (Å²) in [6.07, 6.45) is 6.19. The van der Waals surface area contributed by atoms with Gasteiger partial charge in [-0.05, 0) is 94.3 Å². The first-order chi connectivity index (χ1) is 16.6. The zero-order chi connectivity index (χ0) is 25.4. The summed E-state index contributed by atoms with van der Waals surface area (Å²) in [6.45, 7) is 8.88. The first-order valence-corrected chi connectivity index (χ1v) is 12.8. The van der Waals surface area contributed by atoms with E-state index in [1.165, 1.54) is 16.5 Å². The van der Waals surface area contributed by atoms with E-state index in [0.717, 1.165) is 53.6 Å². The molecule has 4 rings (SSSR count). The normalized spacial score (nSPS) is 18.5. The fourth-order valence-corrected chi connectivity index (χ4v) is 5.66. The molecule has 1 saturated carbocycles. The van der Waals surface area contributed by atoms with E-state index in [9.17, 15) is 9.59 Å². The highest BCUT2D eigenvalue weighted by Crippen LogP contribution is 2.40. The molecule has 0 atom stereocenters. The number of H-pyrrole nitrogens is 1. The average molecular weight is 477 g/mol. The standard InChI is InChI=1S/C29H40N4O2/c1-17(2)27-23-14-21(20-8-11-22(12-9-20)30-26(34)16-32(5)6)10-13-25(23)31-28(27)24-15-33(7)29(35)19(4)18(24)3/h10,13-15,17,20,22,31H,8-9,11-12,16H2,1-7H3,(H,30,34). The quantitative estimate of drug-likeness (QED) is 0.527. The lowest BCUT2D eigenvalue weighted by atomic mass is 9.81. The highest BCUT2D eigenvalue weighted by atomic mass is 16.2. The lowest BCUT2D eigenvalue weighted by molar-refractivity contribution is -0.122. The largest absolute Gasteiger partial charge is 0.354 e. The van der Waals surface area contributed by atoms with Crippen molar-refractivity contribution in [2.75, 3.05) is 20.6 Å². The van der Waals surface area contributed by atoms with E-state index in [4.69, 9.17) is 0 Å². The molecule has 2 heterocycles. The van der Waals surface area contributed by atoms with Crippen molar-refractivity contribution in [2.24, 2.45) is 7.05 Å². The van der Waals surface area contributed by atoms with E-state index in [0.29, 0.717) is 18.4 Å². The molecule has 188 valence electrons. The number of carbonyl (C=O) groups is 1. The third kappa shape index (κ3) is 5.08. The summed E-state index contributed by atoms with van der Waals surface area (Å²) in [5.74, 6) is 0.972. The van der Waals surface area contributed by atoms with Gasteiger partial charge in [-0.25, -0.2) is 0 Å². The van der Waals surface area contributed by atoms with Crippen LogP contribution < -0.4 is 10.9 Å². The third-order valence-electron chi connectivity index (χ3n) is 7.66. The number of nitrogens with one attached hydrogen (secondary N) is 2. The number of pyridine rings is 1. The minimum Gasteiger partial charge on any atom is -0.354 e. The molecule has 2 N–H and O–H groups in total. The Kier molecular flexibility index (Phi) is 7.22. The van der Waals surface area contributed by atoms with Gasteiger partial charge in [0.05, 0.1) is 12.2 Å². The van der Waals surface area contributed by atoms with Crippen LogP contribution in [0.3, 0.4) is 0 Å². The molecule has 3 aromatic rings. The van der Waals surface area contributed by atoms with Crippen LogP contribution in [0.25, 0.3) is 22.2 Å². The van der Waals surface area contributed by atoms with Gasteiger partial charge in [-0.1, -0.05) is 19.9 Å². The van der Waals surface area contributed by atoms with Crippen LogP contribution in [0.15, 0.2) is 29.2 Å². The van der Waals surface area contributed by atoms with Crippen molar-refractivity contribution in [3.63, 3.8) is 0 Å². The number of nitrogens with zero attached hydrogens (tertiary/aromatic N) is 2. The van der Waals surface area contributed by atoms with Crippen LogP contribution in [-0.4, -0.2) is 47.0 Å². The Balaban J connectivity index is 1.63. The Morgan fingerprint density at radius 3 is 2.46 bits per heavy atom. The SMILES string of the molecule is Cc1c(-c2[nH]c3ccc(C4CCC(NC(=O)CN(C)C)CC4)cc3c2C(C)C)cn(C)c(=O)c1C. The summed E-state index contributed by atoms with van der Waals surface area (Å²) in [5.41, 5.74) is 7.96. The van der Waals surface area contributed by atoms with Gasteiger partial charge in [0.1, 0.15) is 0 Å². The molecule has 35 heavy (non-hydrogen) atoms. The molecule has 1 amide bonds. The first-order valence-electron chi connectivity index (χ1n) is 12.8. The van der Waals surface area contributed by atoms with Crippen LogP contribution in [0.4, 0.5) is 0 Å². The van der Waals surface area contributed by atoms with Gasteiger partial charge < -0.3 is 19.8 Å². The number of aromatic amines is 1. The molecule has 1 aliphatic carbocycles. The molecule has 0 unspecified atom stereocenters. The van der Waals surface area contributed by atoms with Crippen LogP contribution in [0.5, 0.6) is 0 Å². The zero-order valence-electron chi connectivity index (χ0n) is 22.3. The number of amides is 1. The first kappa shape index (κ1) is 25.2. The number of carbonyl (C=O) groups excluding carboxylic acids is 1. The average Bonchev–Trinajstić information content (AvgIpc) is 3.18. The summed E-state index contributed by atoms with van der Waals surface area (Å²) in [4.78, 5) is 30.2. The smallest absolute Gasteiger partial charge is 0.253 e. The van der Waals surface area contributed by atoms with Crippen molar-refractivity contribution in [1.82, 2.24) is 19.8 Å². The fraction of sp³-hybridized carbons (Fsp3) is 0.517. The van der Waals surface area contributed by atoms with Crippen LogP contribution in [0, 0.1) is 13.8 Å². The molecule has 6 heteroatoms. The zero-order valence-corrected chi connectivity index (χ0v) is 22.3. The molecular weight excluding hydrogens is 436 g/mol. The molecule has 1 fully saturated rings. The predicted molar refractivity (Wildman–Crippen MR) is 144 cm³/mol. The minimum atomic E-state index is 0.0595. The molecule has 1 aromatic carbocycles. The van der Waals surface area contributed by atoms with Crippen LogP contribution in [-0.2, 0) is 11.8 Å². The van der Waals surface area contributed by atoms with Gasteiger partial charge in [0.25, 0.3) is 5.56 Å². The second kappa shape index (κ2) is 10.0. The molecule has 0 saturated heterocycles. The summed E-state index contributed by atoms with van der Waals surface area (Å²) in [6, 6.07) is 7.14. The van der Waals surface area contributed by atoms with Crippen LogP contribution >= 0.6 is 0 Å². The maximum atomic E-state index is 12.4. The molecule has 0 radical (unpaired) electrons. The maximum Gasteiger partial charge on any atom is 0.253 e. The Morgan fingerprint density at radius 1 is 1.14 bits per heavy atom. The Bertz CT molecular complexity index is 1290. The van der Waals surface area contributed by atoms with E-state index in [1.807, 2.05) is 46.1 Å². The van der Waals surface area contributed by atoms with Crippen molar-refractivity contribution in [1.29, 1.82) is 0 Å². The fourth-order valence-electron chi connectivity index (χ4n) is 5.66. The lowest BCUT2D eigenvalue weighted by Gasteiger charge is -2.30. The molecule has 0 bridgehead atoms. The Labute approximate surface area is 208 Å². The number of likely N-dealkylation sites (N-methyl/N-ethyl adjacent to an activating group) is 1. The van der Waals surface area contributed by atoms with Crippen LogP contribution in [0.1, 0.15) is 73.6 Å². The van der Waals surface area contributed by atoms with Crippen LogP contribution in [0.2, 0.25) is 0 Å². The highest BCUT2D eigenvalue weighted by Gasteiger charge is 2.25. The van der Waals surface area contributed by atoms with E-state index >= 15 is 0 Å². The second-order valence-corrected chi connectivity index (χ2v) is 10.9.